The van der Waals surface area contributed by atoms with Crippen molar-refractivity contribution >= 4 is 24.4 Å². The average molecular weight is 318 g/mol. The molecule has 21 heavy (non-hydrogen) atoms. The molecule has 0 aliphatic heterocycles. The average Bonchev–Trinajstić information content (AvgIpc) is 2.46. The molecule has 1 atom stereocenters. The minimum atomic E-state index is -1.06. The molecule has 0 aliphatic carbocycles. The second-order valence-corrected chi connectivity index (χ2v) is 4.27. The third-order valence-electron chi connectivity index (χ3n) is 2.70. The molecule has 0 bridgehead atoms. The predicted octanol–water partition coefficient (Wildman–Crippen LogP) is 0.0242. The summed E-state index contributed by atoms with van der Waals surface area (Å²) in [7, 11) is 0. The summed E-state index contributed by atoms with van der Waals surface area (Å²) in [6.07, 6.45) is -1.06. The third kappa shape index (κ3) is 6.94. The van der Waals surface area contributed by atoms with E-state index in [1.165, 1.54) is 4.90 Å². The number of amides is 2. The highest BCUT2D eigenvalue weighted by Gasteiger charge is 2.14. The molecule has 0 unspecified atom stereocenters. The van der Waals surface area contributed by atoms with Crippen molar-refractivity contribution in [3.8, 4) is 0 Å². The predicted molar refractivity (Wildman–Crippen MR) is 80.2 cm³/mol. The summed E-state index contributed by atoms with van der Waals surface area (Å²) in [5.74, 6) is -0.502. The minimum Gasteiger partial charge on any atom is -0.465 e. The number of carboxylic acid groups (broad SMARTS) is 1. The number of aliphatic hydroxyl groups is 1. The molecule has 7 nitrogen and oxygen atoms in total. The highest BCUT2D eigenvalue weighted by atomic mass is 35.5. The number of nitrogens with two attached hydrogens (primary N) is 1. The van der Waals surface area contributed by atoms with Crippen molar-refractivity contribution in [1.29, 1.82) is 0 Å². The van der Waals surface area contributed by atoms with Gasteiger partial charge in [0, 0.05) is 19.6 Å². The Bertz CT molecular complexity index is 444. The Kier molecular flexibility index (Phi) is 9.11. The minimum absolute atomic E-state index is 0. The van der Waals surface area contributed by atoms with Crippen LogP contribution in [0.15, 0.2) is 30.3 Å². The number of aliphatic hydroxyl groups excluding tert-OH is 1. The zero-order chi connectivity index (χ0) is 15.0. The topological polar surface area (TPSA) is 116 Å². The Balaban J connectivity index is 0.00000400. The van der Waals surface area contributed by atoms with Gasteiger partial charge in [-0.25, -0.2) is 4.79 Å². The molecule has 0 saturated carbocycles. The fourth-order valence-corrected chi connectivity index (χ4v) is 1.57. The van der Waals surface area contributed by atoms with Crippen molar-refractivity contribution in [2.45, 2.75) is 12.6 Å². The number of hydrogen-bond donors (Lipinski definition) is 4. The summed E-state index contributed by atoms with van der Waals surface area (Å²) in [6, 6.07) is 8.19. The Morgan fingerprint density at radius 1 is 1.29 bits per heavy atom. The molecular formula is C13H20ClN3O4. The highest BCUT2D eigenvalue weighted by molar-refractivity contribution is 5.85. The summed E-state index contributed by atoms with van der Waals surface area (Å²) >= 11 is 0. The summed E-state index contributed by atoms with van der Waals surface area (Å²) in [6.45, 7) is 0.0936. The van der Waals surface area contributed by atoms with Gasteiger partial charge in [-0.05, 0) is 5.56 Å². The Labute approximate surface area is 129 Å². The van der Waals surface area contributed by atoms with Crippen molar-refractivity contribution in [2.24, 2.45) is 5.73 Å². The van der Waals surface area contributed by atoms with Gasteiger partial charge in [-0.2, -0.15) is 0 Å². The molecule has 5 N–H and O–H groups in total. The molecule has 0 aliphatic rings. The zero-order valence-corrected chi connectivity index (χ0v) is 12.3. The van der Waals surface area contributed by atoms with Gasteiger partial charge in [0.15, 0.2) is 0 Å². The van der Waals surface area contributed by atoms with Crippen LogP contribution in [0.3, 0.4) is 0 Å². The van der Waals surface area contributed by atoms with Gasteiger partial charge >= 0.3 is 6.09 Å². The van der Waals surface area contributed by atoms with E-state index in [0.29, 0.717) is 0 Å². The van der Waals surface area contributed by atoms with Crippen LogP contribution in [0.25, 0.3) is 0 Å². The number of carbonyl (C=O) groups excluding carboxylic acids is 1. The standard InChI is InChI=1S/C13H19N3O4.ClH/c14-11(9-17)12(18)15-6-7-16(13(19)20)8-10-4-2-1-3-5-10;/h1-5,11,17H,6-9,14H2,(H,15,18)(H,19,20);1H/t11-;/m0./s1. The number of hydrogen-bond acceptors (Lipinski definition) is 4. The third-order valence-corrected chi connectivity index (χ3v) is 2.70. The molecule has 0 radical (unpaired) electrons. The quantitative estimate of drug-likeness (QED) is 0.566. The molecule has 0 saturated heterocycles. The van der Waals surface area contributed by atoms with Gasteiger partial charge in [0.05, 0.1) is 6.61 Å². The Morgan fingerprint density at radius 3 is 2.43 bits per heavy atom. The second kappa shape index (κ2) is 9.98. The van der Waals surface area contributed by atoms with Gasteiger partial charge in [0.1, 0.15) is 6.04 Å². The maximum atomic E-state index is 11.3. The van der Waals surface area contributed by atoms with Crippen LogP contribution in [-0.4, -0.2) is 52.9 Å². The van der Waals surface area contributed by atoms with E-state index in [4.69, 9.17) is 15.9 Å². The van der Waals surface area contributed by atoms with Crippen molar-refractivity contribution in [3.63, 3.8) is 0 Å². The molecule has 0 fully saturated rings. The van der Waals surface area contributed by atoms with Crippen LogP contribution in [0.2, 0.25) is 0 Å². The highest BCUT2D eigenvalue weighted by Crippen LogP contribution is 2.04. The molecule has 118 valence electrons. The molecule has 1 rings (SSSR count). The molecule has 0 heterocycles. The lowest BCUT2D eigenvalue weighted by Crippen LogP contribution is -2.45. The van der Waals surface area contributed by atoms with Gasteiger partial charge in [0.25, 0.3) is 0 Å². The number of nitrogens with zero attached hydrogens (tertiary/aromatic N) is 1. The van der Waals surface area contributed by atoms with E-state index in [9.17, 15) is 9.59 Å². The summed E-state index contributed by atoms with van der Waals surface area (Å²) < 4.78 is 0. The lowest BCUT2D eigenvalue weighted by molar-refractivity contribution is -0.123. The molecule has 0 spiro atoms. The zero-order valence-electron chi connectivity index (χ0n) is 11.4. The second-order valence-electron chi connectivity index (χ2n) is 4.27. The molecule has 1 aromatic rings. The first-order chi connectivity index (χ1) is 9.54. The molecular weight excluding hydrogens is 298 g/mol. The van der Waals surface area contributed by atoms with Crippen LogP contribution < -0.4 is 11.1 Å². The van der Waals surface area contributed by atoms with E-state index >= 15 is 0 Å². The first-order valence-corrected chi connectivity index (χ1v) is 6.20. The molecule has 1 aromatic carbocycles. The van der Waals surface area contributed by atoms with E-state index < -0.39 is 24.6 Å². The number of carbonyl (C=O) groups is 2. The maximum Gasteiger partial charge on any atom is 0.407 e. The maximum absolute atomic E-state index is 11.3. The summed E-state index contributed by atoms with van der Waals surface area (Å²) in [5, 5.41) is 20.3. The number of nitrogens with one attached hydrogen (secondary N) is 1. The summed E-state index contributed by atoms with van der Waals surface area (Å²) in [5.41, 5.74) is 6.19. The van der Waals surface area contributed by atoms with Crippen LogP contribution in [0.1, 0.15) is 5.56 Å². The number of rotatable bonds is 7. The summed E-state index contributed by atoms with van der Waals surface area (Å²) in [4.78, 5) is 23.6. The van der Waals surface area contributed by atoms with Crippen LogP contribution in [0.5, 0.6) is 0 Å². The van der Waals surface area contributed by atoms with E-state index in [1.807, 2.05) is 30.3 Å². The van der Waals surface area contributed by atoms with Gasteiger partial charge < -0.3 is 26.2 Å². The SMILES string of the molecule is Cl.N[C@@H](CO)C(=O)NCCN(Cc1ccccc1)C(=O)O. The normalized spacial score (nSPS) is 11.1. The number of halogens is 1. The number of benzene rings is 1. The van der Waals surface area contributed by atoms with Gasteiger partial charge in [-0.3, -0.25) is 4.79 Å². The Morgan fingerprint density at radius 2 is 1.90 bits per heavy atom. The van der Waals surface area contributed by atoms with Crippen LogP contribution in [0, 0.1) is 0 Å². The van der Waals surface area contributed by atoms with E-state index in [2.05, 4.69) is 5.32 Å². The van der Waals surface area contributed by atoms with Gasteiger partial charge in [-0.15, -0.1) is 12.4 Å². The first kappa shape index (κ1) is 19.2. The van der Waals surface area contributed by atoms with Gasteiger partial charge in [-0.1, -0.05) is 30.3 Å². The molecule has 8 heteroatoms. The van der Waals surface area contributed by atoms with Crippen molar-refractivity contribution in [3.05, 3.63) is 35.9 Å². The lowest BCUT2D eigenvalue weighted by Gasteiger charge is -2.20. The Hall–Kier alpha value is -1.83. The van der Waals surface area contributed by atoms with Gasteiger partial charge in [0.2, 0.25) is 5.91 Å². The molecule has 0 aromatic heterocycles. The van der Waals surface area contributed by atoms with Crippen molar-refractivity contribution in [1.82, 2.24) is 10.2 Å². The van der Waals surface area contributed by atoms with E-state index in [0.717, 1.165) is 5.56 Å². The molecule has 2 amide bonds. The van der Waals surface area contributed by atoms with Crippen LogP contribution in [0.4, 0.5) is 4.79 Å². The van der Waals surface area contributed by atoms with Crippen LogP contribution >= 0.6 is 12.4 Å². The fraction of sp³-hybridized carbons (Fsp3) is 0.385. The largest absolute Gasteiger partial charge is 0.465 e. The van der Waals surface area contributed by atoms with Crippen molar-refractivity contribution in [2.75, 3.05) is 19.7 Å². The monoisotopic (exact) mass is 317 g/mol. The van der Waals surface area contributed by atoms with E-state index in [1.54, 1.807) is 0 Å². The fourth-order valence-electron chi connectivity index (χ4n) is 1.57. The van der Waals surface area contributed by atoms with Crippen molar-refractivity contribution < 1.29 is 19.8 Å². The van der Waals surface area contributed by atoms with E-state index in [-0.39, 0.29) is 32.0 Å². The smallest absolute Gasteiger partial charge is 0.407 e. The van der Waals surface area contributed by atoms with Crippen LogP contribution in [-0.2, 0) is 11.3 Å². The first-order valence-electron chi connectivity index (χ1n) is 6.20. The lowest BCUT2D eigenvalue weighted by atomic mass is 10.2.